The molecule has 27 heavy (non-hydrogen) atoms. The third kappa shape index (κ3) is 7.19. The molecule has 0 bridgehead atoms. The normalized spacial score (nSPS) is 10.4. The molecule has 0 aliphatic carbocycles. The lowest BCUT2D eigenvalue weighted by Crippen LogP contribution is -2.32. The molecule has 1 N–H and O–H groups in total. The number of aliphatic carboxylic acids is 1. The van der Waals surface area contributed by atoms with Crippen LogP contribution in [0.1, 0.15) is 31.4 Å². The zero-order valence-electron chi connectivity index (χ0n) is 16.3. The smallest absolute Gasteiger partial charge is 0.305 e. The van der Waals surface area contributed by atoms with Gasteiger partial charge in [-0.05, 0) is 19.1 Å². The summed E-state index contributed by atoms with van der Waals surface area (Å²) in [5.74, 6) is -0.208. The first kappa shape index (κ1) is 22.3. The number of hydrazone groups is 1. The number of carbonyl (C=O) groups is 1. The lowest BCUT2D eigenvalue weighted by atomic mass is 10.1. The molecule has 144 valence electrons. The van der Waals surface area contributed by atoms with Crippen LogP contribution in [-0.2, 0) is 4.79 Å². The van der Waals surface area contributed by atoms with Gasteiger partial charge in [0.05, 0.1) is 11.9 Å². The lowest BCUT2D eigenvalue weighted by molar-refractivity contribution is -0.137. The summed E-state index contributed by atoms with van der Waals surface area (Å²) in [6.45, 7) is 6.34. The first-order valence-corrected chi connectivity index (χ1v) is 9.36. The van der Waals surface area contributed by atoms with Gasteiger partial charge in [0.25, 0.3) is 0 Å². The predicted molar refractivity (Wildman–Crippen MR) is 117 cm³/mol. The maximum atomic E-state index is 10.8. The molecule has 0 fully saturated rings. The van der Waals surface area contributed by atoms with E-state index in [2.05, 4.69) is 5.10 Å². The molecular formula is C21H27N3O2S. The van der Waals surface area contributed by atoms with Crippen LogP contribution in [0.3, 0.4) is 0 Å². The largest absolute Gasteiger partial charge is 0.481 e. The Kier molecular flexibility index (Phi) is 9.75. The molecule has 0 spiro atoms. The molecule has 0 unspecified atom stereocenters. The summed E-state index contributed by atoms with van der Waals surface area (Å²) in [6, 6.07) is 17.7. The molecule has 2 rings (SSSR count). The van der Waals surface area contributed by atoms with E-state index in [4.69, 9.17) is 17.3 Å². The zero-order valence-corrected chi connectivity index (χ0v) is 17.1. The van der Waals surface area contributed by atoms with Gasteiger partial charge in [-0.2, -0.15) is 5.10 Å². The van der Waals surface area contributed by atoms with Crippen molar-refractivity contribution in [3.05, 3.63) is 65.7 Å². The molecule has 0 saturated heterocycles. The van der Waals surface area contributed by atoms with Crippen LogP contribution < -0.4 is 4.90 Å². The summed E-state index contributed by atoms with van der Waals surface area (Å²) in [7, 11) is 1.75. The van der Waals surface area contributed by atoms with Crippen LogP contribution in [0, 0.1) is 6.92 Å². The second kappa shape index (κ2) is 11.8. The van der Waals surface area contributed by atoms with Crippen LogP contribution in [0.5, 0.6) is 0 Å². The van der Waals surface area contributed by atoms with Gasteiger partial charge in [-0.25, -0.2) is 0 Å². The van der Waals surface area contributed by atoms with Crippen molar-refractivity contribution in [3.63, 3.8) is 0 Å². The number of hydrogen-bond acceptors (Lipinski definition) is 4. The quantitative estimate of drug-likeness (QED) is 0.328. The number of amidine groups is 1. The van der Waals surface area contributed by atoms with E-state index in [-0.39, 0.29) is 6.42 Å². The highest BCUT2D eigenvalue weighted by molar-refractivity contribution is 7.79. The Morgan fingerprint density at radius 3 is 2.22 bits per heavy atom. The Labute approximate surface area is 166 Å². The minimum atomic E-state index is -0.853. The third-order valence-corrected chi connectivity index (χ3v) is 3.80. The van der Waals surface area contributed by atoms with Crippen LogP contribution in [0.25, 0.3) is 0 Å². The Morgan fingerprint density at radius 1 is 1.11 bits per heavy atom. The molecule has 0 atom stereocenters. The van der Waals surface area contributed by atoms with Crippen molar-refractivity contribution in [2.45, 2.75) is 27.2 Å². The van der Waals surface area contributed by atoms with E-state index in [1.807, 2.05) is 80.3 Å². The van der Waals surface area contributed by atoms with Crippen LogP contribution >= 0.6 is 12.2 Å². The van der Waals surface area contributed by atoms with Crippen molar-refractivity contribution in [2.75, 3.05) is 18.5 Å². The molecule has 0 amide bonds. The SMILES string of the molecule is CC.Cc1ccc(N(C=S)/C(=N\N(C)CCC(=O)O)c2ccccc2)cc1. The third-order valence-electron chi connectivity index (χ3n) is 3.59. The number of thiocarbonyl (C=S) groups is 1. The molecule has 0 radical (unpaired) electrons. The topological polar surface area (TPSA) is 56.1 Å². The van der Waals surface area contributed by atoms with Gasteiger partial charge < -0.3 is 5.11 Å². The highest BCUT2D eigenvalue weighted by Crippen LogP contribution is 2.18. The monoisotopic (exact) mass is 385 g/mol. The fourth-order valence-corrected chi connectivity index (χ4v) is 2.46. The van der Waals surface area contributed by atoms with Gasteiger partial charge in [-0.1, -0.05) is 74.1 Å². The summed E-state index contributed by atoms with van der Waals surface area (Å²) in [5, 5.41) is 15.1. The van der Waals surface area contributed by atoms with Crippen molar-refractivity contribution in [3.8, 4) is 0 Å². The van der Waals surface area contributed by atoms with Crippen LogP contribution in [-0.4, -0.2) is 41.0 Å². The fraction of sp³-hybridized carbons (Fsp3) is 0.286. The molecule has 0 aromatic heterocycles. The predicted octanol–water partition coefficient (Wildman–Crippen LogP) is 4.55. The summed E-state index contributed by atoms with van der Waals surface area (Å²) in [4.78, 5) is 12.6. The number of carboxylic acid groups (broad SMARTS) is 1. The first-order valence-electron chi connectivity index (χ1n) is 8.89. The number of nitrogens with zero attached hydrogens (tertiary/aromatic N) is 3. The molecular weight excluding hydrogens is 358 g/mol. The molecule has 6 heteroatoms. The summed E-state index contributed by atoms with van der Waals surface area (Å²) in [6.07, 6.45) is 0.0180. The number of aryl methyl sites for hydroxylation is 1. The summed E-state index contributed by atoms with van der Waals surface area (Å²) < 4.78 is 0. The minimum Gasteiger partial charge on any atom is -0.481 e. The van der Waals surface area contributed by atoms with Gasteiger partial charge in [0.2, 0.25) is 0 Å². The van der Waals surface area contributed by atoms with Crippen LogP contribution in [0.15, 0.2) is 59.7 Å². The van der Waals surface area contributed by atoms with E-state index < -0.39 is 5.97 Å². The van der Waals surface area contributed by atoms with Crippen molar-refractivity contribution in [2.24, 2.45) is 5.10 Å². The Hall–Kier alpha value is -2.73. The van der Waals surface area contributed by atoms with E-state index in [0.29, 0.717) is 12.4 Å². The zero-order chi connectivity index (χ0) is 20.2. The highest BCUT2D eigenvalue weighted by Gasteiger charge is 2.15. The number of hydrogen-bond donors (Lipinski definition) is 1. The van der Waals surface area contributed by atoms with E-state index in [1.54, 1.807) is 17.5 Å². The molecule has 5 nitrogen and oxygen atoms in total. The van der Waals surface area contributed by atoms with E-state index in [1.165, 1.54) is 0 Å². The second-order valence-electron chi connectivity index (χ2n) is 5.63. The van der Waals surface area contributed by atoms with Crippen molar-refractivity contribution < 1.29 is 9.90 Å². The number of carboxylic acids is 1. The van der Waals surface area contributed by atoms with Gasteiger partial charge >= 0.3 is 5.97 Å². The van der Waals surface area contributed by atoms with Crippen molar-refractivity contribution in [1.29, 1.82) is 0 Å². The maximum absolute atomic E-state index is 10.8. The van der Waals surface area contributed by atoms with E-state index in [0.717, 1.165) is 16.8 Å². The number of benzene rings is 2. The first-order chi connectivity index (χ1) is 13.0. The standard InChI is InChI=1S/C19H21N3O2S.C2H6/c1-15-8-10-17(11-9-15)22(14-25)19(16-6-4-3-5-7-16)20-21(2)13-12-18(23)24;1-2/h3-11,14H,12-13H2,1-2H3,(H,23,24);1-2H3/b20-19-;. The molecule has 0 aliphatic heterocycles. The second-order valence-corrected chi connectivity index (χ2v) is 5.84. The fourth-order valence-electron chi connectivity index (χ4n) is 2.24. The summed E-state index contributed by atoms with van der Waals surface area (Å²) >= 11 is 5.23. The maximum Gasteiger partial charge on any atom is 0.305 e. The molecule has 2 aromatic carbocycles. The van der Waals surface area contributed by atoms with Gasteiger partial charge in [-0.3, -0.25) is 14.7 Å². The molecule has 0 heterocycles. The number of anilines is 1. The molecule has 2 aromatic rings. The summed E-state index contributed by atoms with van der Waals surface area (Å²) in [5.41, 5.74) is 4.49. The Balaban J connectivity index is 0.00000176. The average molecular weight is 386 g/mol. The van der Waals surface area contributed by atoms with Gasteiger partial charge in [-0.15, -0.1) is 0 Å². The van der Waals surface area contributed by atoms with Crippen molar-refractivity contribution >= 4 is 35.2 Å². The van der Waals surface area contributed by atoms with Crippen LogP contribution in [0.2, 0.25) is 0 Å². The van der Waals surface area contributed by atoms with Crippen molar-refractivity contribution in [1.82, 2.24) is 5.01 Å². The molecule has 0 aliphatic rings. The van der Waals surface area contributed by atoms with E-state index in [9.17, 15) is 4.79 Å². The Bertz CT molecular complexity index is 746. The van der Waals surface area contributed by atoms with Crippen LogP contribution in [0.4, 0.5) is 5.69 Å². The number of rotatable bonds is 7. The Morgan fingerprint density at radius 2 is 1.70 bits per heavy atom. The van der Waals surface area contributed by atoms with Gasteiger partial charge in [0.15, 0.2) is 5.84 Å². The van der Waals surface area contributed by atoms with Gasteiger partial charge in [0.1, 0.15) is 0 Å². The highest BCUT2D eigenvalue weighted by atomic mass is 32.1. The average Bonchev–Trinajstić information content (AvgIpc) is 2.69. The van der Waals surface area contributed by atoms with E-state index >= 15 is 0 Å². The van der Waals surface area contributed by atoms with Gasteiger partial charge in [0, 0.05) is 24.8 Å². The lowest BCUT2D eigenvalue weighted by Gasteiger charge is -2.24. The minimum absolute atomic E-state index is 0.0180. The molecule has 0 saturated carbocycles.